The molecular formula is C18H21ClN2O4S. The van der Waals surface area contributed by atoms with Gasteiger partial charge in [0.15, 0.2) is 0 Å². The number of carbonyl (C=O) groups is 1. The van der Waals surface area contributed by atoms with Gasteiger partial charge in [0.05, 0.1) is 18.5 Å². The summed E-state index contributed by atoms with van der Waals surface area (Å²) in [7, 11) is -3.63. The lowest BCUT2D eigenvalue weighted by Crippen LogP contribution is -2.41. The van der Waals surface area contributed by atoms with E-state index in [0.717, 1.165) is 16.1 Å². The van der Waals surface area contributed by atoms with Gasteiger partial charge in [-0.3, -0.25) is 9.10 Å². The van der Waals surface area contributed by atoms with Crippen molar-refractivity contribution >= 4 is 33.2 Å². The van der Waals surface area contributed by atoms with Crippen molar-refractivity contribution < 1.29 is 17.9 Å². The third-order valence-corrected chi connectivity index (χ3v) is 5.11. The van der Waals surface area contributed by atoms with Crippen molar-refractivity contribution in [3.63, 3.8) is 0 Å². The van der Waals surface area contributed by atoms with Crippen molar-refractivity contribution in [2.24, 2.45) is 0 Å². The zero-order valence-electron chi connectivity index (χ0n) is 14.6. The minimum atomic E-state index is -3.63. The number of aryl methyl sites for hydroxylation is 1. The number of rotatable bonds is 8. The van der Waals surface area contributed by atoms with Crippen LogP contribution in [0.25, 0.3) is 0 Å². The van der Waals surface area contributed by atoms with E-state index < -0.39 is 15.9 Å². The zero-order chi connectivity index (χ0) is 19.2. The van der Waals surface area contributed by atoms with Crippen molar-refractivity contribution in [3.8, 4) is 5.75 Å². The summed E-state index contributed by atoms with van der Waals surface area (Å²) in [5, 5.41) is 3.09. The molecule has 0 aliphatic carbocycles. The Bertz CT molecular complexity index is 857. The Morgan fingerprint density at radius 3 is 2.50 bits per heavy atom. The quantitative estimate of drug-likeness (QED) is 0.696. The van der Waals surface area contributed by atoms with Crippen LogP contribution in [0.2, 0.25) is 5.02 Å². The molecule has 0 aliphatic heterocycles. The molecule has 0 bridgehead atoms. The molecule has 8 heteroatoms. The molecule has 0 fully saturated rings. The molecule has 0 spiro atoms. The van der Waals surface area contributed by atoms with Crippen molar-refractivity contribution in [1.82, 2.24) is 5.32 Å². The lowest BCUT2D eigenvalue weighted by molar-refractivity contribution is -0.119. The molecule has 2 rings (SSSR count). The first kappa shape index (κ1) is 20.1. The molecule has 0 heterocycles. The number of ether oxygens (including phenoxy) is 1. The highest BCUT2D eigenvalue weighted by molar-refractivity contribution is 7.92. The largest absolute Gasteiger partial charge is 0.492 e. The fraction of sp³-hybridized carbons (Fsp3) is 0.278. The van der Waals surface area contributed by atoms with E-state index >= 15 is 0 Å². The maximum atomic E-state index is 12.1. The van der Waals surface area contributed by atoms with Crippen molar-refractivity contribution in [1.29, 1.82) is 0 Å². The minimum Gasteiger partial charge on any atom is -0.492 e. The van der Waals surface area contributed by atoms with E-state index in [1.54, 1.807) is 12.1 Å². The van der Waals surface area contributed by atoms with E-state index in [4.69, 9.17) is 16.3 Å². The molecule has 0 aliphatic rings. The van der Waals surface area contributed by atoms with Crippen LogP contribution in [0, 0.1) is 6.92 Å². The van der Waals surface area contributed by atoms with E-state index in [1.165, 1.54) is 6.07 Å². The van der Waals surface area contributed by atoms with Crippen LogP contribution in [-0.2, 0) is 14.8 Å². The first-order valence-electron chi connectivity index (χ1n) is 7.96. The van der Waals surface area contributed by atoms with Gasteiger partial charge in [0, 0.05) is 5.02 Å². The first-order valence-corrected chi connectivity index (χ1v) is 10.2. The minimum absolute atomic E-state index is 0.264. The number of nitrogens with zero attached hydrogens (tertiary/aromatic N) is 1. The molecule has 0 atom stereocenters. The molecule has 2 aromatic carbocycles. The zero-order valence-corrected chi connectivity index (χ0v) is 16.2. The first-order chi connectivity index (χ1) is 12.3. The summed E-state index contributed by atoms with van der Waals surface area (Å²) in [5.41, 5.74) is 1.17. The van der Waals surface area contributed by atoms with Gasteiger partial charge in [0.25, 0.3) is 0 Å². The van der Waals surface area contributed by atoms with Gasteiger partial charge in [-0.25, -0.2) is 8.42 Å². The van der Waals surface area contributed by atoms with Crippen LogP contribution in [0.1, 0.15) is 5.56 Å². The summed E-state index contributed by atoms with van der Waals surface area (Å²) >= 11 is 6.07. The Hall–Kier alpha value is -2.25. The number of hydrogen-bond donors (Lipinski definition) is 1. The summed E-state index contributed by atoms with van der Waals surface area (Å²) in [5.74, 6) is 0.276. The smallest absolute Gasteiger partial charge is 0.240 e. The lowest BCUT2D eigenvalue weighted by Gasteiger charge is -2.22. The predicted octanol–water partition coefficient (Wildman–Crippen LogP) is 2.61. The lowest BCUT2D eigenvalue weighted by atomic mass is 10.2. The molecule has 1 amide bonds. The van der Waals surface area contributed by atoms with E-state index in [9.17, 15) is 13.2 Å². The van der Waals surface area contributed by atoms with Crippen LogP contribution in [-0.4, -0.2) is 40.3 Å². The number of para-hydroxylation sites is 1. The number of benzene rings is 2. The van der Waals surface area contributed by atoms with Crippen molar-refractivity contribution in [2.75, 3.05) is 30.3 Å². The Morgan fingerprint density at radius 1 is 1.19 bits per heavy atom. The molecule has 2 aromatic rings. The normalized spacial score (nSPS) is 11.0. The predicted molar refractivity (Wildman–Crippen MR) is 103 cm³/mol. The highest BCUT2D eigenvalue weighted by Crippen LogP contribution is 2.24. The van der Waals surface area contributed by atoms with E-state index in [-0.39, 0.29) is 19.7 Å². The monoisotopic (exact) mass is 396 g/mol. The van der Waals surface area contributed by atoms with Gasteiger partial charge in [-0.15, -0.1) is 0 Å². The Labute approximate surface area is 158 Å². The van der Waals surface area contributed by atoms with Crippen LogP contribution in [0.4, 0.5) is 5.69 Å². The fourth-order valence-electron chi connectivity index (χ4n) is 2.20. The number of halogens is 1. The molecule has 0 aromatic heterocycles. The molecular weight excluding hydrogens is 376 g/mol. The van der Waals surface area contributed by atoms with Crippen LogP contribution < -0.4 is 14.4 Å². The van der Waals surface area contributed by atoms with Gasteiger partial charge < -0.3 is 10.1 Å². The number of nitrogens with one attached hydrogen (secondary N) is 1. The van der Waals surface area contributed by atoms with Gasteiger partial charge >= 0.3 is 0 Å². The molecule has 0 unspecified atom stereocenters. The van der Waals surface area contributed by atoms with Crippen LogP contribution >= 0.6 is 11.6 Å². The fourth-order valence-corrected chi connectivity index (χ4v) is 3.22. The number of carbonyl (C=O) groups excluding carboxylic acids is 1. The molecule has 140 valence electrons. The van der Waals surface area contributed by atoms with E-state index in [2.05, 4.69) is 5.32 Å². The van der Waals surface area contributed by atoms with Gasteiger partial charge in [0.2, 0.25) is 15.9 Å². The second kappa shape index (κ2) is 8.91. The summed E-state index contributed by atoms with van der Waals surface area (Å²) < 4.78 is 30.6. The number of amides is 1. The number of hydrogen-bond acceptors (Lipinski definition) is 4. The Kier molecular flexibility index (Phi) is 6.88. The molecule has 0 saturated carbocycles. The summed E-state index contributed by atoms with van der Waals surface area (Å²) in [6.07, 6.45) is 1.05. The second-order valence-corrected chi connectivity index (χ2v) is 8.03. The highest BCUT2D eigenvalue weighted by atomic mass is 35.5. The maximum Gasteiger partial charge on any atom is 0.240 e. The van der Waals surface area contributed by atoms with Gasteiger partial charge in [-0.2, -0.15) is 0 Å². The number of anilines is 1. The third-order valence-electron chi connectivity index (χ3n) is 3.57. The van der Waals surface area contributed by atoms with Crippen LogP contribution in [0.15, 0.2) is 48.5 Å². The molecule has 6 nitrogen and oxygen atoms in total. The summed E-state index contributed by atoms with van der Waals surface area (Å²) in [4.78, 5) is 12.1. The average Bonchev–Trinajstić information content (AvgIpc) is 2.59. The number of sulfonamides is 1. The molecule has 26 heavy (non-hydrogen) atoms. The third kappa shape index (κ3) is 5.93. The molecule has 0 radical (unpaired) electrons. The van der Waals surface area contributed by atoms with Crippen LogP contribution in [0.5, 0.6) is 5.75 Å². The van der Waals surface area contributed by atoms with Gasteiger partial charge in [0.1, 0.15) is 18.9 Å². The highest BCUT2D eigenvalue weighted by Gasteiger charge is 2.21. The van der Waals surface area contributed by atoms with Crippen molar-refractivity contribution in [2.45, 2.75) is 6.92 Å². The SMILES string of the molecule is Cc1ccc(N(CC(=O)NCCOc2ccccc2)S(C)(=O)=O)cc1Cl. The molecule has 1 N–H and O–H groups in total. The second-order valence-electron chi connectivity index (χ2n) is 5.71. The van der Waals surface area contributed by atoms with Gasteiger partial charge in [-0.1, -0.05) is 35.9 Å². The maximum absolute atomic E-state index is 12.1. The standard InChI is InChI=1S/C18H21ClN2O4S/c1-14-8-9-15(12-17(14)19)21(26(2,23)24)13-18(22)20-10-11-25-16-6-4-3-5-7-16/h3-9,12H,10-11,13H2,1-2H3,(H,20,22). The van der Waals surface area contributed by atoms with E-state index in [0.29, 0.717) is 16.5 Å². The van der Waals surface area contributed by atoms with E-state index in [1.807, 2.05) is 37.3 Å². The average molecular weight is 397 g/mol. The molecule has 0 saturated heterocycles. The Balaban J connectivity index is 1.93. The van der Waals surface area contributed by atoms with Gasteiger partial charge in [-0.05, 0) is 36.8 Å². The van der Waals surface area contributed by atoms with Crippen LogP contribution in [0.3, 0.4) is 0 Å². The summed E-state index contributed by atoms with van der Waals surface area (Å²) in [6, 6.07) is 14.1. The topological polar surface area (TPSA) is 75.7 Å². The summed E-state index contributed by atoms with van der Waals surface area (Å²) in [6.45, 7) is 2.03. The Morgan fingerprint density at radius 2 is 1.88 bits per heavy atom. The van der Waals surface area contributed by atoms with Crippen molar-refractivity contribution in [3.05, 3.63) is 59.1 Å².